The van der Waals surface area contributed by atoms with Gasteiger partial charge in [-0.25, -0.2) is 0 Å². The molecule has 0 bridgehead atoms. The van der Waals surface area contributed by atoms with Crippen LogP contribution in [0.4, 0.5) is 13.2 Å². The molecule has 0 atom stereocenters. The van der Waals surface area contributed by atoms with E-state index in [1.807, 2.05) is 0 Å². The molecule has 0 aliphatic heterocycles. The summed E-state index contributed by atoms with van der Waals surface area (Å²) < 4.78 is 38.9. The second-order valence-electron chi connectivity index (χ2n) is 5.82. The minimum Gasteiger partial charge on any atom is -0.354 e. The van der Waals surface area contributed by atoms with Crippen LogP contribution in [0.15, 0.2) is 17.1 Å². The monoisotopic (exact) mass is 350 g/mol. The maximum absolute atomic E-state index is 12.7. The summed E-state index contributed by atoms with van der Waals surface area (Å²) in [7, 11) is 0. The van der Waals surface area contributed by atoms with Crippen LogP contribution in [-0.2, 0) is 17.5 Å². The number of rotatable bonds is 4. The molecule has 1 aromatic rings. The first-order valence-corrected chi connectivity index (χ1v) is 7.89. The molecule has 8 heteroatoms. The van der Waals surface area contributed by atoms with Gasteiger partial charge < -0.3 is 9.88 Å². The van der Waals surface area contributed by atoms with Crippen molar-refractivity contribution in [1.29, 1.82) is 0 Å². The van der Waals surface area contributed by atoms with Crippen molar-refractivity contribution in [3.63, 3.8) is 0 Å². The van der Waals surface area contributed by atoms with Crippen LogP contribution in [0.5, 0.6) is 0 Å². The minimum atomic E-state index is -4.63. The lowest BCUT2D eigenvalue weighted by Crippen LogP contribution is -2.36. The fraction of sp³-hybridized carbons (Fsp3) is 0.600. The van der Waals surface area contributed by atoms with Crippen LogP contribution in [0.3, 0.4) is 0 Å². The molecular formula is C15H18ClF3N2O2. The minimum absolute atomic E-state index is 0.398. The van der Waals surface area contributed by atoms with E-state index in [1.54, 1.807) is 0 Å². The van der Waals surface area contributed by atoms with E-state index < -0.39 is 34.8 Å². The summed E-state index contributed by atoms with van der Waals surface area (Å²) in [5.41, 5.74) is -1.87. The lowest BCUT2D eigenvalue weighted by Gasteiger charge is -2.21. The summed E-state index contributed by atoms with van der Waals surface area (Å²) in [6, 6.07) is 0.570. The number of amides is 1. The van der Waals surface area contributed by atoms with Gasteiger partial charge in [-0.3, -0.25) is 9.59 Å². The highest BCUT2D eigenvalue weighted by Crippen LogP contribution is 2.29. The first-order valence-electron chi connectivity index (χ1n) is 7.51. The van der Waals surface area contributed by atoms with Crippen LogP contribution in [0.2, 0.25) is 5.02 Å². The number of carbonyl (C=O) groups is 1. The fourth-order valence-electron chi connectivity index (χ4n) is 2.73. The summed E-state index contributed by atoms with van der Waals surface area (Å²) in [4.78, 5) is 23.7. The lowest BCUT2D eigenvalue weighted by molar-refractivity contribution is -0.138. The number of alkyl halides is 3. The molecule has 1 heterocycles. The fourth-order valence-corrected chi connectivity index (χ4v) is 2.96. The van der Waals surface area contributed by atoms with Gasteiger partial charge in [-0.2, -0.15) is 13.2 Å². The zero-order valence-corrected chi connectivity index (χ0v) is 13.2. The third-order valence-electron chi connectivity index (χ3n) is 4.00. The molecule has 1 amide bonds. The molecule has 0 unspecified atom stereocenters. The topological polar surface area (TPSA) is 51.1 Å². The molecule has 2 rings (SSSR count). The smallest absolute Gasteiger partial charge is 0.354 e. The van der Waals surface area contributed by atoms with Crippen LogP contribution in [0.1, 0.15) is 37.7 Å². The first-order chi connectivity index (χ1) is 10.8. The van der Waals surface area contributed by atoms with Gasteiger partial charge in [-0.1, -0.05) is 30.9 Å². The number of hydrogen-bond donors (Lipinski definition) is 1. The van der Waals surface area contributed by atoms with Crippen molar-refractivity contribution in [2.45, 2.75) is 44.8 Å². The van der Waals surface area contributed by atoms with E-state index in [4.69, 9.17) is 11.6 Å². The average molecular weight is 351 g/mol. The highest BCUT2D eigenvalue weighted by atomic mass is 35.5. The number of hydrogen-bond acceptors (Lipinski definition) is 2. The van der Waals surface area contributed by atoms with E-state index in [2.05, 4.69) is 5.32 Å². The van der Waals surface area contributed by atoms with Crippen molar-refractivity contribution in [2.24, 2.45) is 5.92 Å². The first kappa shape index (κ1) is 17.8. The maximum Gasteiger partial charge on any atom is 0.417 e. The number of halogens is 4. The Labute approximate surface area is 136 Å². The van der Waals surface area contributed by atoms with E-state index in [0.29, 0.717) is 29.3 Å². The number of pyridine rings is 1. The molecule has 23 heavy (non-hydrogen) atoms. The van der Waals surface area contributed by atoms with Crippen LogP contribution in [0, 0.1) is 5.92 Å². The normalized spacial score (nSPS) is 16.3. The zero-order chi connectivity index (χ0) is 17.0. The molecule has 1 saturated carbocycles. The Bertz CT molecular complexity index is 622. The summed E-state index contributed by atoms with van der Waals surface area (Å²) in [5, 5.41) is 2.13. The van der Waals surface area contributed by atoms with Gasteiger partial charge in [0.25, 0.3) is 5.56 Å². The van der Waals surface area contributed by atoms with Gasteiger partial charge in [0, 0.05) is 12.7 Å². The SMILES string of the molecule is O=C(Cn1cc(C(F)(F)F)cc(Cl)c1=O)NCC1CCCCC1. The number of nitrogens with one attached hydrogen (secondary N) is 1. The summed E-state index contributed by atoms with van der Waals surface area (Å²) in [6.45, 7) is 0.00940. The molecule has 0 spiro atoms. The highest BCUT2D eigenvalue weighted by Gasteiger charge is 2.32. The molecule has 128 valence electrons. The van der Waals surface area contributed by atoms with Gasteiger partial charge in [0.15, 0.2) is 0 Å². The van der Waals surface area contributed by atoms with E-state index in [1.165, 1.54) is 6.42 Å². The quantitative estimate of drug-likeness (QED) is 0.906. The predicted octanol–water partition coefficient (Wildman–Crippen LogP) is 3.22. The summed E-state index contributed by atoms with van der Waals surface area (Å²) in [5.74, 6) is -0.0948. The Balaban J connectivity index is 2.02. The van der Waals surface area contributed by atoms with Gasteiger partial charge in [0.2, 0.25) is 5.91 Å². The molecule has 0 radical (unpaired) electrons. The standard InChI is InChI=1S/C15H18ClF3N2O2/c16-12-6-11(15(17,18)19)8-21(14(12)23)9-13(22)20-7-10-4-2-1-3-5-10/h6,8,10H,1-5,7,9H2,(H,20,22). The molecule has 4 nitrogen and oxygen atoms in total. The Morgan fingerprint density at radius 3 is 2.57 bits per heavy atom. The van der Waals surface area contributed by atoms with Crippen molar-refractivity contribution in [2.75, 3.05) is 6.54 Å². The Hall–Kier alpha value is -1.50. The summed E-state index contributed by atoms with van der Waals surface area (Å²) >= 11 is 5.54. The molecule has 0 saturated heterocycles. The molecule has 0 aromatic carbocycles. The van der Waals surface area contributed by atoms with Gasteiger partial charge in [-0.15, -0.1) is 0 Å². The highest BCUT2D eigenvalue weighted by molar-refractivity contribution is 6.30. The van der Waals surface area contributed by atoms with Crippen molar-refractivity contribution in [3.8, 4) is 0 Å². The van der Waals surface area contributed by atoms with E-state index in [0.717, 1.165) is 25.7 Å². The van der Waals surface area contributed by atoms with Crippen molar-refractivity contribution in [3.05, 3.63) is 33.2 Å². The molecular weight excluding hydrogens is 333 g/mol. The van der Waals surface area contributed by atoms with Crippen LogP contribution in [-0.4, -0.2) is 17.0 Å². The Kier molecular flexibility index (Phi) is 5.73. The Morgan fingerprint density at radius 1 is 1.30 bits per heavy atom. The van der Waals surface area contributed by atoms with Crippen molar-refractivity contribution >= 4 is 17.5 Å². The van der Waals surface area contributed by atoms with Crippen LogP contribution in [0.25, 0.3) is 0 Å². The number of aromatic nitrogens is 1. The maximum atomic E-state index is 12.7. The largest absolute Gasteiger partial charge is 0.417 e. The molecule has 1 aromatic heterocycles. The third kappa shape index (κ3) is 4.99. The van der Waals surface area contributed by atoms with Gasteiger partial charge >= 0.3 is 6.18 Å². The molecule has 1 fully saturated rings. The second kappa shape index (κ2) is 7.38. The van der Waals surface area contributed by atoms with Gasteiger partial charge in [0.05, 0.1) is 5.56 Å². The molecule has 1 aliphatic carbocycles. The molecule has 1 N–H and O–H groups in total. The lowest BCUT2D eigenvalue weighted by atomic mass is 9.89. The molecule has 1 aliphatic rings. The van der Waals surface area contributed by atoms with Crippen LogP contribution < -0.4 is 10.9 Å². The predicted molar refractivity (Wildman–Crippen MR) is 80.3 cm³/mol. The number of carbonyl (C=O) groups excluding carboxylic acids is 1. The summed E-state index contributed by atoms with van der Waals surface area (Å²) in [6.07, 6.45) is 1.52. The average Bonchev–Trinajstić information content (AvgIpc) is 2.49. The zero-order valence-electron chi connectivity index (χ0n) is 12.5. The van der Waals surface area contributed by atoms with E-state index in [9.17, 15) is 22.8 Å². The third-order valence-corrected chi connectivity index (χ3v) is 4.27. The van der Waals surface area contributed by atoms with E-state index >= 15 is 0 Å². The van der Waals surface area contributed by atoms with Crippen molar-refractivity contribution < 1.29 is 18.0 Å². The van der Waals surface area contributed by atoms with Gasteiger partial charge in [-0.05, 0) is 24.8 Å². The van der Waals surface area contributed by atoms with Gasteiger partial charge in [0.1, 0.15) is 11.6 Å². The van der Waals surface area contributed by atoms with E-state index in [-0.39, 0.29) is 0 Å². The number of nitrogens with zero attached hydrogens (tertiary/aromatic N) is 1. The van der Waals surface area contributed by atoms with Crippen molar-refractivity contribution in [1.82, 2.24) is 9.88 Å². The van der Waals surface area contributed by atoms with Crippen LogP contribution >= 0.6 is 11.6 Å². The Morgan fingerprint density at radius 2 is 1.96 bits per heavy atom. The second-order valence-corrected chi connectivity index (χ2v) is 6.22.